The minimum absolute atomic E-state index is 0.504. The Morgan fingerprint density at radius 2 is 2.31 bits per heavy atom. The van der Waals surface area contributed by atoms with Crippen molar-refractivity contribution in [3.8, 4) is 0 Å². The molecule has 0 amide bonds. The number of thiophene rings is 1. The maximum Gasteiger partial charge on any atom is 0.0671 e. The lowest BCUT2D eigenvalue weighted by atomic mass is 10.3. The number of rotatable bonds is 5. The molecule has 0 unspecified atom stereocenters. The lowest BCUT2D eigenvalue weighted by Gasteiger charge is -2.10. The molecule has 0 aliphatic heterocycles. The topological polar surface area (TPSA) is 29.9 Å². The minimum Gasteiger partial charge on any atom is -0.309 e. The van der Waals surface area contributed by atoms with Crippen LogP contribution in [0.5, 0.6) is 0 Å². The van der Waals surface area contributed by atoms with Crippen molar-refractivity contribution in [3.05, 3.63) is 40.3 Å². The van der Waals surface area contributed by atoms with Gasteiger partial charge in [0.25, 0.3) is 0 Å². The fraction of sp³-hybridized carbons (Fsp3) is 0.417. The Bertz CT molecular complexity index is 417. The van der Waals surface area contributed by atoms with Gasteiger partial charge in [-0.05, 0) is 28.5 Å². The summed E-state index contributed by atoms with van der Waals surface area (Å²) in [6.45, 7) is 6.05. The third-order valence-corrected chi connectivity index (χ3v) is 3.14. The van der Waals surface area contributed by atoms with Crippen LogP contribution in [0.1, 0.15) is 25.1 Å². The van der Waals surface area contributed by atoms with Crippen LogP contribution in [0.3, 0.4) is 0 Å². The van der Waals surface area contributed by atoms with E-state index in [1.807, 2.05) is 6.20 Å². The third kappa shape index (κ3) is 2.93. The van der Waals surface area contributed by atoms with E-state index in [0.717, 1.165) is 13.1 Å². The Labute approximate surface area is 100 Å². The number of hydrogen-bond donors (Lipinski definition) is 1. The fourth-order valence-corrected chi connectivity index (χ4v) is 2.18. The second-order valence-corrected chi connectivity index (χ2v) is 4.93. The van der Waals surface area contributed by atoms with Gasteiger partial charge in [0.1, 0.15) is 0 Å². The van der Waals surface area contributed by atoms with Gasteiger partial charge in [-0.3, -0.25) is 4.68 Å². The smallest absolute Gasteiger partial charge is 0.0671 e. The van der Waals surface area contributed by atoms with Crippen LogP contribution in [0.4, 0.5) is 0 Å². The lowest BCUT2D eigenvalue weighted by Crippen LogP contribution is -2.23. The van der Waals surface area contributed by atoms with Crippen molar-refractivity contribution in [1.29, 1.82) is 0 Å². The maximum absolute atomic E-state index is 4.35. The lowest BCUT2D eigenvalue weighted by molar-refractivity contribution is 0.547. The highest BCUT2D eigenvalue weighted by atomic mass is 32.1. The summed E-state index contributed by atoms with van der Waals surface area (Å²) in [7, 11) is 0. The van der Waals surface area contributed by atoms with E-state index in [0.29, 0.717) is 6.04 Å². The molecule has 0 bridgehead atoms. The van der Waals surface area contributed by atoms with Crippen molar-refractivity contribution in [2.75, 3.05) is 0 Å². The van der Waals surface area contributed by atoms with Crippen LogP contribution >= 0.6 is 11.3 Å². The number of nitrogens with zero attached hydrogens (tertiary/aromatic N) is 2. The predicted molar refractivity (Wildman–Crippen MR) is 67.6 cm³/mol. The van der Waals surface area contributed by atoms with E-state index in [9.17, 15) is 0 Å². The molecule has 0 spiro atoms. The largest absolute Gasteiger partial charge is 0.309 e. The van der Waals surface area contributed by atoms with Gasteiger partial charge in [0.2, 0.25) is 0 Å². The molecule has 86 valence electrons. The van der Waals surface area contributed by atoms with E-state index in [4.69, 9.17) is 0 Å². The molecule has 0 aliphatic rings. The van der Waals surface area contributed by atoms with Crippen LogP contribution < -0.4 is 5.32 Å². The first-order chi connectivity index (χ1) is 7.75. The molecule has 4 heteroatoms. The van der Waals surface area contributed by atoms with E-state index >= 15 is 0 Å². The van der Waals surface area contributed by atoms with E-state index in [-0.39, 0.29) is 0 Å². The van der Waals surface area contributed by atoms with Crippen molar-refractivity contribution in [2.24, 2.45) is 0 Å². The van der Waals surface area contributed by atoms with E-state index in [1.165, 1.54) is 11.3 Å². The molecule has 0 saturated heterocycles. The van der Waals surface area contributed by atoms with Crippen molar-refractivity contribution in [1.82, 2.24) is 15.1 Å². The highest BCUT2D eigenvalue weighted by Crippen LogP contribution is 2.09. The molecular formula is C12H17N3S. The summed E-state index contributed by atoms with van der Waals surface area (Å²) in [4.78, 5) is 0. The molecule has 0 aliphatic carbocycles. The van der Waals surface area contributed by atoms with Gasteiger partial charge >= 0.3 is 0 Å². The molecule has 1 N–H and O–H groups in total. The maximum atomic E-state index is 4.35. The molecule has 0 aromatic carbocycles. The van der Waals surface area contributed by atoms with Crippen LogP contribution in [0.2, 0.25) is 0 Å². The molecule has 0 fully saturated rings. The van der Waals surface area contributed by atoms with Gasteiger partial charge in [-0.1, -0.05) is 13.8 Å². The van der Waals surface area contributed by atoms with Crippen LogP contribution in [0.25, 0.3) is 0 Å². The molecule has 0 radical (unpaired) electrons. The molecule has 2 aromatic rings. The van der Waals surface area contributed by atoms with E-state index < -0.39 is 0 Å². The Morgan fingerprint density at radius 1 is 1.44 bits per heavy atom. The van der Waals surface area contributed by atoms with Gasteiger partial charge in [0.05, 0.1) is 12.2 Å². The monoisotopic (exact) mass is 235 g/mol. The zero-order valence-corrected chi connectivity index (χ0v) is 10.5. The van der Waals surface area contributed by atoms with Gasteiger partial charge in [-0.2, -0.15) is 16.4 Å². The molecule has 0 atom stereocenters. The second kappa shape index (κ2) is 5.27. The van der Waals surface area contributed by atoms with Crippen molar-refractivity contribution in [3.63, 3.8) is 0 Å². The summed E-state index contributed by atoms with van der Waals surface area (Å²) >= 11 is 1.73. The fourth-order valence-electron chi connectivity index (χ4n) is 1.52. The molecule has 0 saturated carbocycles. The van der Waals surface area contributed by atoms with Crippen LogP contribution in [0, 0.1) is 0 Å². The average Bonchev–Trinajstić information content (AvgIpc) is 2.87. The van der Waals surface area contributed by atoms with E-state index in [2.05, 4.69) is 51.8 Å². The van der Waals surface area contributed by atoms with Gasteiger partial charge in [-0.15, -0.1) is 0 Å². The van der Waals surface area contributed by atoms with Crippen molar-refractivity contribution >= 4 is 11.3 Å². The summed E-state index contributed by atoms with van der Waals surface area (Å²) in [5, 5.41) is 12.0. The first kappa shape index (κ1) is 11.4. The first-order valence-electron chi connectivity index (χ1n) is 5.51. The van der Waals surface area contributed by atoms with Gasteiger partial charge in [0.15, 0.2) is 0 Å². The number of nitrogens with one attached hydrogen (secondary N) is 1. The highest BCUT2D eigenvalue weighted by molar-refractivity contribution is 7.07. The highest BCUT2D eigenvalue weighted by Gasteiger charge is 2.04. The molecular weight excluding hydrogens is 218 g/mol. The Hall–Kier alpha value is -1.13. The Morgan fingerprint density at radius 3 is 3.00 bits per heavy atom. The van der Waals surface area contributed by atoms with Crippen molar-refractivity contribution in [2.45, 2.75) is 33.0 Å². The molecule has 2 aromatic heterocycles. The Kier molecular flexibility index (Phi) is 3.74. The minimum atomic E-state index is 0.504. The SMILES string of the molecule is CC(C)NCc1ccnn1Cc1ccsc1. The quantitative estimate of drug-likeness (QED) is 0.863. The standard InChI is InChI=1S/C12H17N3S/c1-10(2)13-7-12-3-5-14-15(12)8-11-4-6-16-9-11/h3-6,9-10,13H,7-8H2,1-2H3. The molecule has 16 heavy (non-hydrogen) atoms. The average molecular weight is 235 g/mol. The first-order valence-corrected chi connectivity index (χ1v) is 6.45. The van der Waals surface area contributed by atoms with Crippen molar-refractivity contribution < 1.29 is 0 Å². The zero-order chi connectivity index (χ0) is 11.4. The molecule has 3 nitrogen and oxygen atoms in total. The zero-order valence-electron chi connectivity index (χ0n) is 9.68. The summed E-state index contributed by atoms with van der Waals surface area (Å²) in [5.74, 6) is 0. The Balaban J connectivity index is 2.01. The van der Waals surface area contributed by atoms with Crippen LogP contribution in [-0.4, -0.2) is 15.8 Å². The summed E-state index contributed by atoms with van der Waals surface area (Å²) < 4.78 is 2.05. The van der Waals surface area contributed by atoms with Crippen LogP contribution in [-0.2, 0) is 13.1 Å². The predicted octanol–water partition coefficient (Wildman–Crippen LogP) is 2.49. The molecule has 2 rings (SSSR count). The second-order valence-electron chi connectivity index (χ2n) is 4.15. The third-order valence-electron chi connectivity index (χ3n) is 2.41. The van der Waals surface area contributed by atoms with E-state index in [1.54, 1.807) is 11.3 Å². The normalized spacial score (nSPS) is 11.2. The van der Waals surface area contributed by atoms with Gasteiger partial charge < -0.3 is 5.32 Å². The number of aromatic nitrogens is 2. The summed E-state index contributed by atoms with van der Waals surface area (Å²) in [6, 6.07) is 4.72. The summed E-state index contributed by atoms with van der Waals surface area (Å²) in [6.07, 6.45) is 1.86. The summed E-state index contributed by atoms with van der Waals surface area (Å²) in [5.41, 5.74) is 2.55. The van der Waals surface area contributed by atoms with Gasteiger partial charge in [-0.25, -0.2) is 0 Å². The number of hydrogen-bond acceptors (Lipinski definition) is 3. The van der Waals surface area contributed by atoms with Gasteiger partial charge in [0, 0.05) is 18.8 Å². The van der Waals surface area contributed by atoms with Crippen LogP contribution in [0.15, 0.2) is 29.1 Å². The molecule has 2 heterocycles.